The van der Waals surface area contributed by atoms with Crippen LogP contribution in [-0.4, -0.2) is 20.0 Å². The molecule has 0 bridgehead atoms. The number of H-pyrrole nitrogens is 1. The zero-order chi connectivity index (χ0) is 19.8. The molecule has 11 heteroatoms. The molecule has 1 aromatic carbocycles. The Morgan fingerprint density at radius 3 is 2.26 bits per heavy atom. The maximum Gasteiger partial charge on any atom is 0.289 e. The first-order chi connectivity index (χ1) is 12.9. The van der Waals surface area contributed by atoms with Gasteiger partial charge in [-0.1, -0.05) is 76.7 Å². The Hall–Kier alpha value is -1.90. The first kappa shape index (κ1) is 21.4. The smallest absolute Gasteiger partial charge is 0.289 e. The topological polar surface area (TPSA) is 89.9 Å². The van der Waals surface area contributed by atoms with E-state index in [1.807, 2.05) is 30.3 Å². The molecule has 0 aliphatic carbocycles. The third kappa shape index (κ3) is 6.34. The molecule has 7 nitrogen and oxygen atoms in total. The molecule has 0 aliphatic heterocycles. The Bertz CT molecular complexity index is 1010. The van der Waals surface area contributed by atoms with Gasteiger partial charge in [-0.15, -0.1) is 0 Å². The maximum absolute atomic E-state index is 11.6. The van der Waals surface area contributed by atoms with Gasteiger partial charge in [0.2, 0.25) is 0 Å². The van der Waals surface area contributed by atoms with Gasteiger partial charge in [-0.05, 0) is 5.56 Å². The van der Waals surface area contributed by atoms with Crippen LogP contribution in [0.25, 0.3) is 0 Å². The van der Waals surface area contributed by atoms with E-state index in [0.29, 0.717) is 6.61 Å². The van der Waals surface area contributed by atoms with Crippen molar-refractivity contribution in [3.05, 3.63) is 89.1 Å². The first-order valence-corrected chi connectivity index (χ1v) is 8.82. The van der Waals surface area contributed by atoms with Crippen LogP contribution in [0.5, 0.6) is 0 Å². The predicted molar refractivity (Wildman–Crippen MR) is 105 cm³/mol. The Morgan fingerprint density at radius 2 is 1.63 bits per heavy atom. The van der Waals surface area contributed by atoms with Crippen molar-refractivity contribution in [1.82, 2.24) is 20.0 Å². The minimum absolute atomic E-state index is 0.0216. The highest BCUT2D eigenvalue weighted by molar-refractivity contribution is 6.42. The van der Waals surface area contributed by atoms with Crippen molar-refractivity contribution in [2.45, 2.75) is 13.3 Å². The molecular formula is C16H12Cl4N4O3. The summed E-state index contributed by atoms with van der Waals surface area (Å²) in [7, 11) is 0. The van der Waals surface area contributed by atoms with Crippen molar-refractivity contribution in [3.8, 4) is 0 Å². The summed E-state index contributed by atoms with van der Waals surface area (Å²) in [6.07, 6.45) is 2.59. The number of aromatic amines is 1. The van der Waals surface area contributed by atoms with E-state index in [-0.39, 0.29) is 26.8 Å². The van der Waals surface area contributed by atoms with Gasteiger partial charge in [0.05, 0.1) is 29.0 Å². The normalized spacial score (nSPS) is 10.2. The summed E-state index contributed by atoms with van der Waals surface area (Å²) in [6.45, 7) is 0.430. The van der Waals surface area contributed by atoms with Crippen molar-refractivity contribution in [2.24, 2.45) is 0 Å². The van der Waals surface area contributed by atoms with E-state index >= 15 is 0 Å². The van der Waals surface area contributed by atoms with Crippen LogP contribution in [0.15, 0.2) is 52.3 Å². The van der Waals surface area contributed by atoms with Crippen LogP contribution in [0.2, 0.25) is 20.1 Å². The summed E-state index contributed by atoms with van der Waals surface area (Å²) in [5, 5.41) is 9.58. The van der Waals surface area contributed by atoms with E-state index < -0.39 is 11.1 Å². The third-order valence-corrected chi connectivity index (χ3v) is 4.53. The molecule has 0 unspecified atom stereocenters. The van der Waals surface area contributed by atoms with Gasteiger partial charge < -0.3 is 4.74 Å². The Balaban J connectivity index is 0.000000244. The lowest BCUT2D eigenvalue weighted by Gasteiger charge is -2.06. The van der Waals surface area contributed by atoms with Crippen LogP contribution in [0.1, 0.15) is 5.56 Å². The van der Waals surface area contributed by atoms with Crippen molar-refractivity contribution in [2.75, 3.05) is 0 Å². The number of nitrogens with one attached hydrogen (secondary N) is 1. The van der Waals surface area contributed by atoms with Crippen LogP contribution < -0.4 is 11.1 Å². The largest absolute Gasteiger partial charge is 0.354 e. The van der Waals surface area contributed by atoms with E-state index in [9.17, 15) is 9.59 Å². The number of aromatic nitrogens is 4. The average molecular weight is 450 g/mol. The van der Waals surface area contributed by atoms with Crippen molar-refractivity contribution in [1.29, 1.82) is 0 Å². The van der Waals surface area contributed by atoms with Gasteiger partial charge in [0, 0.05) is 0 Å². The fraction of sp³-hybridized carbons (Fsp3) is 0.125. The van der Waals surface area contributed by atoms with E-state index in [4.69, 9.17) is 51.1 Å². The number of ether oxygens (including phenoxy) is 1. The van der Waals surface area contributed by atoms with Gasteiger partial charge in [0.15, 0.2) is 0 Å². The molecule has 0 spiro atoms. The molecule has 0 aliphatic rings. The minimum Gasteiger partial charge on any atom is -0.354 e. The fourth-order valence-electron chi connectivity index (χ4n) is 1.72. The van der Waals surface area contributed by atoms with Crippen LogP contribution in [0, 0.1) is 0 Å². The summed E-state index contributed by atoms with van der Waals surface area (Å²) < 4.78 is 6.50. The van der Waals surface area contributed by atoms with Crippen LogP contribution in [0.3, 0.4) is 0 Å². The number of halogens is 4. The molecule has 3 rings (SSSR count). The number of hydrogen-bond donors (Lipinski definition) is 1. The van der Waals surface area contributed by atoms with E-state index in [2.05, 4.69) is 15.3 Å². The van der Waals surface area contributed by atoms with E-state index in [0.717, 1.165) is 10.2 Å². The van der Waals surface area contributed by atoms with Gasteiger partial charge in [0.1, 0.15) is 16.8 Å². The molecule has 27 heavy (non-hydrogen) atoms. The van der Waals surface area contributed by atoms with Gasteiger partial charge in [0.25, 0.3) is 11.1 Å². The minimum atomic E-state index is -0.468. The zero-order valence-corrected chi connectivity index (χ0v) is 16.6. The number of benzene rings is 1. The molecule has 0 amide bonds. The molecule has 2 heterocycles. The lowest BCUT2D eigenvalue weighted by atomic mass is 10.2. The van der Waals surface area contributed by atoms with Gasteiger partial charge >= 0.3 is 0 Å². The lowest BCUT2D eigenvalue weighted by Crippen LogP contribution is -2.24. The van der Waals surface area contributed by atoms with Crippen LogP contribution >= 0.6 is 46.4 Å². The van der Waals surface area contributed by atoms with Crippen LogP contribution in [-0.2, 0) is 18.1 Å². The predicted octanol–water partition coefficient (Wildman–Crippen LogP) is 3.80. The van der Waals surface area contributed by atoms with Gasteiger partial charge in [-0.25, -0.2) is 9.78 Å². The Morgan fingerprint density at radius 1 is 0.963 bits per heavy atom. The molecule has 0 atom stereocenters. The summed E-state index contributed by atoms with van der Waals surface area (Å²) in [5.74, 6) is 0. The highest BCUT2D eigenvalue weighted by Crippen LogP contribution is 2.14. The summed E-state index contributed by atoms with van der Waals surface area (Å²) >= 11 is 22.1. The van der Waals surface area contributed by atoms with E-state index in [1.54, 1.807) is 0 Å². The fourth-order valence-corrected chi connectivity index (χ4v) is 2.22. The third-order valence-electron chi connectivity index (χ3n) is 3.02. The Labute approximate surface area is 173 Å². The second-order valence-electron chi connectivity index (χ2n) is 4.94. The molecule has 0 saturated carbocycles. The molecular weight excluding hydrogens is 438 g/mol. The standard InChI is InChI=1S/C12H10Cl2N2O2.C4H2Cl2N2O/c13-10-6-15-16(12(17)11(10)14)8-18-7-9-4-2-1-3-5-9;5-2-1-7-8-4(9)3(2)6/h1-6H,7-8H2;1H,(H,8,9). The van der Waals surface area contributed by atoms with Gasteiger partial charge in [-0.3, -0.25) is 9.59 Å². The highest BCUT2D eigenvalue weighted by atomic mass is 35.5. The average Bonchev–Trinajstić information content (AvgIpc) is 2.67. The summed E-state index contributed by atoms with van der Waals surface area (Å²) in [5.41, 5.74) is 0.0898. The number of rotatable bonds is 4. The van der Waals surface area contributed by atoms with Crippen molar-refractivity contribution >= 4 is 46.4 Å². The Kier molecular flexibility index (Phi) is 8.27. The summed E-state index contributed by atoms with van der Waals surface area (Å²) in [4.78, 5) is 22.1. The second kappa shape index (κ2) is 10.4. The molecule has 1 N–H and O–H groups in total. The quantitative estimate of drug-likeness (QED) is 0.654. The van der Waals surface area contributed by atoms with Crippen molar-refractivity contribution in [3.63, 3.8) is 0 Å². The SMILES string of the molecule is O=c1[nH]ncc(Cl)c1Cl.O=c1c(Cl)c(Cl)cnn1COCc1ccccc1. The zero-order valence-electron chi connectivity index (χ0n) is 13.5. The number of nitrogens with zero attached hydrogens (tertiary/aromatic N) is 3. The summed E-state index contributed by atoms with van der Waals surface area (Å²) in [6, 6.07) is 9.63. The maximum atomic E-state index is 11.6. The first-order valence-electron chi connectivity index (χ1n) is 7.31. The second-order valence-corrected chi connectivity index (χ2v) is 6.51. The van der Waals surface area contributed by atoms with Crippen LogP contribution in [0.4, 0.5) is 0 Å². The molecule has 2 aromatic heterocycles. The number of hydrogen-bond acceptors (Lipinski definition) is 5. The lowest BCUT2D eigenvalue weighted by molar-refractivity contribution is 0.0528. The van der Waals surface area contributed by atoms with Gasteiger partial charge in [-0.2, -0.15) is 10.2 Å². The monoisotopic (exact) mass is 448 g/mol. The molecule has 3 aromatic rings. The molecule has 0 fully saturated rings. The van der Waals surface area contributed by atoms with E-state index in [1.165, 1.54) is 12.4 Å². The van der Waals surface area contributed by atoms with Crippen molar-refractivity contribution < 1.29 is 4.74 Å². The molecule has 0 radical (unpaired) electrons. The highest BCUT2D eigenvalue weighted by Gasteiger charge is 2.07. The molecule has 0 saturated heterocycles. The molecule has 142 valence electrons.